The summed E-state index contributed by atoms with van der Waals surface area (Å²) in [6.45, 7) is 2.60. The highest BCUT2D eigenvalue weighted by molar-refractivity contribution is 5.76. The molecular weight excluding hydrogens is 509 g/mol. The fraction of sp³-hybridized carbons (Fsp3) is 0.654. The van der Waals surface area contributed by atoms with E-state index in [1.807, 2.05) is 20.8 Å². The van der Waals surface area contributed by atoms with Gasteiger partial charge in [0.2, 0.25) is 0 Å². The predicted octanol–water partition coefficient (Wildman–Crippen LogP) is 5.00. The standard InChI is InChI=1S/C26H28F5N5O2/c27-20-6-21(28)22(5-19(20)26(29,30)31)38-18-3-15-9-34(10-16(15)4-18)24(37)35-11-25(12-35)7-17(8-25)36-13-32-23(33-36)14-1-2-14/h5-6,13-18H,1-4,7-12H2/t15-,16+,18?. The summed E-state index contributed by atoms with van der Waals surface area (Å²) < 4.78 is 74.3. The molecule has 5 aliphatic rings. The van der Waals surface area contributed by atoms with E-state index in [0.29, 0.717) is 44.0 Å². The summed E-state index contributed by atoms with van der Waals surface area (Å²) in [4.78, 5) is 21.3. The molecule has 3 atom stereocenters. The molecule has 38 heavy (non-hydrogen) atoms. The number of nitrogens with zero attached hydrogens (tertiary/aromatic N) is 5. The molecule has 0 bridgehead atoms. The first kappa shape index (κ1) is 24.1. The molecule has 204 valence electrons. The van der Waals surface area contributed by atoms with E-state index in [9.17, 15) is 26.7 Å². The Balaban J connectivity index is 0.896. The Morgan fingerprint density at radius 2 is 1.68 bits per heavy atom. The number of hydrogen-bond donors (Lipinski definition) is 0. The molecular formula is C26H28F5N5O2. The van der Waals surface area contributed by atoms with Crippen molar-refractivity contribution in [2.45, 2.75) is 62.8 Å². The van der Waals surface area contributed by atoms with Gasteiger partial charge in [-0.3, -0.25) is 0 Å². The normalized spacial score (nSPS) is 28.4. The highest BCUT2D eigenvalue weighted by Gasteiger charge is 2.56. The first-order valence-electron chi connectivity index (χ1n) is 13.2. The Hall–Kier alpha value is -2.92. The van der Waals surface area contributed by atoms with Gasteiger partial charge in [0.05, 0.1) is 17.7 Å². The molecule has 1 aromatic carbocycles. The lowest BCUT2D eigenvalue weighted by atomic mass is 9.61. The average Bonchev–Trinajstić information content (AvgIpc) is 3.21. The van der Waals surface area contributed by atoms with Gasteiger partial charge >= 0.3 is 12.2 Å². The number of ether oxygens (including phenoxy) is 1. The lowest BCUT2D eigenvalue weighted by Crippen LogP contribution is -2.65. The molecule has 3 saturated carbocycles. The van der Waals surface area contributed by atoms with Crippen LogP contribution in [0.25, 0.3) is 0 Å². The van der Waals surface area contributed by atoms with E-state index >= 15 is 0 Å². The zero-order valence-electron chi connectivity index (χ0n) is 20.6. The third-order valence-electron chi connectivity index (χ3n) is 9.10. The summed E-state index contributed by atoms with van der Waals surface area (Å²) in [5, 5.41) is 4.64. The van der Waals surface area contributed by atoms with Gasteiger partial charge in [-0.05, 0) is 56.4 Å². The van der Waals surface area contributed by atoms with Gasteiger partial charge in [-0.25, -0.2) is 23.2 Å². The van der Waals surface area contributed by atoms with E-state index in [1.165, 1.54) is 12.8 Å². The van der Waals surface area contributed by atoms with Gasteiger partial charge in [0, 0.05) is 43.6 Å². The van der Waals surface area contributed by atoms with Gasteiger partial charge in [0.1, 0.15) is 12.1 Å². The van der Waals surface area contributed by atoms with Crippen LogP contribution in [0.15, 0.2) is 18.5 Å². The van der Waals surface area contributed by atoms with Crippen molar-refractivity contribution in [1.29, 1.82) is 0 Å². The number of likely N-dealkylation sites (tertiary alicyclic amines) is 2. The van der Waals surface area contributed by atoms with Crippen LogP contribution >= 0.6 is 0 Å². The lowest BCUT2D eigenvalue weighted by Gasteiger charge is -2.59. The second-order valence-corrected chi connectivity index (χ2v) is 12.0. The Morgan fingerprint density at radius 3 is 2.32 bits per heavy atom. The van der Waals surface area contributed by atoms with Crippen molar-refractivity contribution in [1.82, 2.24) is 24.6 Å². The van der Waals surface area contributed by atoms with Gasteiger partial charge in [0.15, 0.2) is 17.4 Å². The van der Waals surface area contributed by atoms with Crippen LogP contribution in [0, 0.1) is 28.9 Å². The number of aromatic nitrogens is 3. The Kier molecular flexibility index (Phi) is 5.27. The zero-order valence-corrected chi connectivity index (χ0v) is 20.6. The molecule has 2 amide bonds. The number of urea groups is 1. The van der Waals surface area contributed by atoms with Crippen molar-refractivity contribution in [2.75, 3.05) is 26.2 Å². The maximum atomic E-state index is 14.1. The number of fused-ring (bicyclic) bond motifs is 1. The van der Waals surface area contributed by atoms with E-state index in [0.717, 1.165) is 31.8 Å². The van der Waals surface area contributed by atoms with Crippen LogP contribution < -0.4 is 4.74 Å². The Bertz CT molecular complexity index is 1250. The number of carbonyl (C=O) groups excluding carboxylic acids is 1. The monoisotopic (exact) mass is 537 g/mol. The largest absolute Gasteiger partial charge is 0.487 e. The summed E-state index contributed by atoms with van der Waals surface area (Å²) in [7, 11) is 0. The van der Waals surface area contributed by atoms with Crippen LogP contribution in [0.4, 0.5) is 26.7 Å². The summed E-state index contributed by atoms with van der Waals surface area (Å²) >= 11 is 0. The number of carbonyl (C=O) groups is 1. The fourth-order valence-electron chi connectivity index (χ4n) is 6.99. The van der Waals surface area contributed by atoms with Crippen LogP contribution in [-0.4, -0.2) is 62.9 Å². The molecule has 1 unspecified atom stereocenters. The molecule has 0 N–H and O–H groups in total. The summed E-state index contributed by atoms with van der Waals surface area (Å²) in [6.07, 6.45) is 1.82. The van der Waals surface area contributed by atoms with Crippen molar-refractivity contribution in [3.63, 3.8) is 0 Å². The van der Waals surface area contributed by atoms with Gasteiger partial charge in [-0.15, -0.1) is 0 Å². The molecule has 5 fully saturated rings. The molecule has 7 rings (SSSR count). The van der Waals surface area contributed by atoms with Crippen molar-refractivity contribution in [2.24, 2.45) is 17.3 Å². The van der Waals surface area contributed by atoms with Crippen LogP contribution in [0.5, 0.6) is 5.75 Å². The maximum absolute atomic E-state index is 14.1. The van der Waals surface area contributed by atoms with E-state index in [1.54, 1.807) is 0 Å². The van der Waals surface area contributed by atoms with E-state index < -0.39 is 35.2 Å². The molecule has 12 heteroatoms. The van der Waals surface area contributed by atoms with E-state index in [-0.39, 0.29) is 29.3 Å². The smallest absolute Gasteiger partial charge is 0.419 e. The second kappa shape index (κ2) is 8.29. The average molecular weight is 538 g/mol. The van der Waals surface area contributed by atoms with E-state index in [2.05, 4.69) is 10.1 Å². The molecule has 3 heterocycles. The van der Waals surface area contributed by atoms with E-state index in [4.69, 9.17) is 4.74 Å². The maximum Gasteiger partial charge on any atom is 0.419 e. The highest BCUT2D eigenvalue weighted by Crippen LogP contribution is 2.54. The third kappa shape index (κ3) is 4.10. The molecule has 2 aliphatic heterocycles. The topological polar surface area (TPSA) is 63.5 Å². The molecule has 2 aromatic rings. The Labute approximate surface area is 215 Å². The zero-order chi connectivity index (χ0) is 26.4. The number of halogens is 5. The molecule has 1 aromatic heterocycles. The van der Waals surface area contributed by atoms with Gasteiger partial charge < -0.3 is 14.5 Å². The number of rotatable bonds is 4. The molecule has 2 saturated heterocycles. The minimum absolute atomic E-state index is 0.0297. The van der Waals surface area contributed by atoms with Crippen molar-refractivity contribution in [3.05, 3.63) is 41.5 Å². The SMILES string of the molecule is O=C(N1C[C@H]2CC(Oc3cc(C(F)(F)F)c(F)cc3F)C[C@H]2C1)N1CC2(CC(n3cnc(C4CC4)n3)C2)C1. The predicted molar refractivity (Wildman–Crippen MR) is 123 cm³/mol. The van der Waals surface area contributed by atoms with Crippen molar-refractivity contribution in [3.8, 4) is 5.75 Å². The minimum atomic E-state index is -4.94. The van der Waals surface area contributed by atoms with Crippen molar-refractivity contribution >= 4 is 6.03 Å². The van der Waals surface area contributed by atoms with Crippen LogP contribution in [0.3, 0.4) is 0 Å². The minimum Gasteiger partial charge on any atom is -0.487 e. The van der Waals surface area contributed by atoms with Crippen molar-refractivity contribution < 1.29 is 31.5 Å². The van der Waals surface area contributed by atoms with Gasteiger partial charge in [-0.1, -0.05) is 0 Å². The van der Waals surface area contributed by atoms with Gasteiger partial charge in [-0.2, -0.15) is 18.3 Å². The van der Waals surface area contributed by atoms with Crippen LogP contribution in [0.1, 0.15) is 61.9 Å². The lowest BCUT2D eigenvalue weighted by molar-refractivity contribution is -0.140. The third-order valence-corrected chi connectivity index (χ3v) is 9.10. The summed E-state index contributed by atoms with van der Waals surface area (Å²) in [5.41, 5.74) is -1.37. The molecule has 7 nitrogen and oxygen atoms in total. The summed E-state index contributed by atoms with van der Waals surface area (Å²) in [6, 6.07) is 1.000. The molecule has 3 aliphatic carbocycles. The fourth-order valence-corrected chi connectivity index (χ4v) is 6.99. The first-order chi connectivity index (χ1) is 18.1. The number of benzene rings is 1. The highest BCUT2D eigenvalue weighted by atomic mass is 19.4. The number of hydrogen-bond acceptors (Lipinski definition) is 4. The first-order valence-corrected chi connectivity index (χ1v) is 13.2. The number of alkyl halides is 3. The quantitative estimate of drug-likeness (QED) is 0.515. The van der Waals surface area contributed by atoms with Gasteiger partial charge in [0.25, 0.3) is 0 Å². The van der Waals surface area contributed by atoms with Crippen LogP contribution in [0.2, 0.25) is 0 Å². The number of amides is 2. The second-order valence-electron chi connectivity index (χ2n) is 12.0. The Morgan fingerprint density at radius 1 is 1.00 bits per heavy atom. The molecule has 1 spiro atoms. The molecule has 0 radical (unpaired) electrons. The van der Waals surface area contributed by atoms with Crippen LogP contribution in [-0.2, 0) is 6.18 Å². The summed E-state index contributed by atoms with van der Waals surface area (Å²) in [5.74, 6) is -1.62.